The number of thiophene rings is 1. The second-order valence-electron chi connectivity index (χ2n) is 5.63. The lowest BCUT2D eigenvalue weighted by molar-refractivity contribution is 0.547. The fraction of sp³-hybridized carbons (Fsp3) is 0.357. The Kier molecular flexibility index (Phi) is 4.14. The lowest BCUT2D eigenvalue weighted by Crippen LogP contribution is -2.13. The fourth-order valence-electron chi connectivity index (χ4n) is 1.67. The number of nitrogens with one attached hydrogen (secondary N) is 1. The van der Waals surface area contributed by atoms with Gasteiger partial charge in [0, 0.05) is 16.5 Å². The quantitative estimate of drug-likeness (QED) is 0.709. The summed E-state index contributed by atoms with van der Waals surface area (Å²) in [6.45, 7) is 6.36. The van der Waals surface area contributed by atoms with E-state index in [-0.39, 0.29) is 5.41 Å². The van der Waals surface area contributed by atoms with Crippen molar-refractivity contribution in [1.29, 1.82) is 0 Å². The standard InChI is InChI=1S/C14H16N4S3/c1-14(2,3)12-16-13(18-17-12)21-8-9-7-20-11(15-9)10-5-4-6-19-10/h4-7H,8H2,1-3H3,(H,16,17,18). The Morgan fingerprint density at radius 2 is 2.10 bits per heavy atom. The van der Waals surface area contributed by atoms with Gasteiger partial charge in [0.1, 0.15) is 10.8 Å². The minimum Gasteiger partial charge on any atom is -0.262 e. The van der Waals surface area contributed by atoms with E-state index in [1.54, 1.807) is 34.4 Å². The molecule has 0 aliphatic carbocycles. The molecule has 0 unspecified atom stereocenters. The van der Waals surface area contributed by atoms with Crippen molar-refractivity contribution >= 4 is 34.4 Å². The van der Waals surface area contributed by atoms with E-state index in [9.17, 15) is 0 Å². The Balaban J connectivity index is 1.64. The molecule has 0 saturated carbocycles. The summed E-state index contributed by atoms with van der Waals surface area (Å²) in [5, 5.41) is 13.3. The maximum absolute atomic E-state index is 4.67. The van der Waals surface area contributed by atoms with Crippen molar-refractivity contribution in [3.63, 3.8) is 0 Å². The minimum absolute atomic E-state index is 0.00121. The summed E-state index contributed by atoms with van der Waals surface area (Å²) in [4.78, 5) is 10.4. The largest absolute Gasteiger partial charge is 0.262 e. The van der Waals surface area contributed by atoms with E-state index in [4.69, 9.17) is 0 Å². The molecule has 21 heavy (non-hydrogen) atoms. The predicted molar refractivity (Wildman–Crippen MR) is 90.1 cm³/mol. The third-order valence-corrected chi connectivity index (χ3v) is 5.62. The zero-order valence-electron chi connectivity index (χ0n) is 12.1. The number of hydrogen-bond acceptors (Lipinski definition) is 6. The highest BCUT2D eigenvalue weighted by Gasteiger charge is 2.18. The smallest absolute Gasteiger partial charge is 0.208 e. The highest BCUT2D eigenvalue weighted by atomic mass is 32.2. The van der Waals surface area contributed by atoms with Crippen LogP contribution in [0.1, 0.15) is 32.3 Å². The molecule has 1 N–H and O–H groups in total. The van der Waals surface area contributed by atoms with Crippen molar-refractivity contribution in [2.45, 2.75) is 37.1 Å². The van der Waals surface area contributed by atoms with Crippen molar-refractivity contribution in [2.75, 3.05) is 0 Å². The summed E-state index contributed by atoms with van der Waals surface area (Å²) in [5.74, 6) is 1.71. The first-order valence-electron chi connectivity index (χ1n) is 6.56. The molecule has 0 bridgehead atoms. The van der Waals surface area contributed by atoms with Gasteiger partial charge < -0.3 is 0 Å². The molecule has 4 nitrogen and oxygen atoms in total. The number of thioether (sulfide) groups is 1. The normalized spacial score (nSPS) is 12.0. The van der Waals surface area contributed by atoms with Gasteiger partial charge in [0.05, 0.1) is 10.6 Å². The van der Waals surface area contributed by atoms with Crippen LogP contribution >= 0.6 is 34.4 Å². The van der Waals surface area contributed by atoms with E-state index in [0.29, 0.717) is 0 Å². The highest BCUT2D eigenvalue weighted by Crippen LogP contribution is 2.30. The molecule has 0 aromatic carbocycles. The monoisotopic (exact) mass is 336 g/mol. The molecule has 0 saturated heterocycles. The van der Waals surface area contributed by atoms with Gasteiger partial charge in [0.2, 0.25) is 5.16 Å². The van der Waals surface area contributed by atoms with Gasteiger partial charge in [0.15, 0.2) is 0 Å². The van der Waals surface area contributed by atoms with Crippen LogP contribution in [0.5, 0.6) is 0 Å². The number of rotatable bonds is 4. The number of H-pyrrole nitrogens is 1. The Hall–Kier alpha value is -1.18. The molecule has 3 aromatic heterocycles. The molecule has 0 spiro atoms. The van der Waals surface area contributed by atoms with Crippen LogP contribution in [0.2, 0.25) is 0 Å². The number of thiazole rings is 1. The van der Waals surface area contributed by atoms with Crippen LogP contribution in [0.15, 0.2) is 28.0 Å². The second kappa shape index (κ2) is 5.90. The molecule has 3 rings (SSSR count). The van der Waals surface area contributed by atoms with Gasteiger partial charge in [-0.05, 0) is 11.4 Å². The molecule has 0 aliphatic heterocycles. The average molecular weight is 337 g/mol. The number of aromatic nitrogens is 4. The molecular formula is C14H16N4S3. The number of aromatic amines is 1. The van der Waals surface area contributed by atoms with Crippen molar-refractivity contribution in [3.05, 3.63) is 34.4 Å². The van der Waals surface area contributed by atoms with E-state index >= 15 is 0 Å². The average Bonchev–Trinajstić information content (AvgIpc) is 3.16. The van der Waals surface area contributed by atoms with Gasteiger partial charge in [-0.15, -0.1) is 27.8 Å². The Morgan fingerprint density at radius 3 is 2.76 bits per heavy atom. The van der Waals surface area contributed by atoms with E-state index in [1.807, 2.05) is 0 Å². The van der Waals surface area contributed by atoms with Gasteiger partial charge >= 0.3 is 0 Å². The molecule has 3 heterocycles. The number of nitrogens with zero attached hydrogens (tertiary/aromatic N) is 3. The number of hydrogen-bond donors (Lipinski definition) is 1. The Bertz CT molecular complexity index is 707. The van der Waals surface area contributed by atoms with Gasteiger partial charge in [0.25, 0.3) is 0 Å². The van der Waals surface area contributed by atoms with E-state index in [2.05, 4.69) is 63.8 Å². The third kappa shape index (κ3) is 3.53. The van der Waals surface area contributed by atoms with E-state index in [1.165, 1.54) is 4.88 Å². The minimum atomic E-state index is -0.00121. The maximum Gasteiger partial charge on any atom is 0.208 e. The molecule has 0 amide bonds. The lowest BCUT2D eigenvalue weighted by atomic mass is 9.96. The van der Waals surface area contributed by atoms with Gasteiger partial charge in [-0.1, -0.05) is 38.6 Å². The highest BCUT2D eigenvalue weighted by molar-refractivity contribution is 7.98. The van der Waals surface area contributed by atoms with Crippen molar-refractivity contribution in [2.24, 2.45) is 0 Å². The first kappa shape index (κ1) is 14.7. The Morgan fingerprint density at radius 1 is 1.24 bits per heavy atom. The summed E-state index contributed by atoms with van der Waals surface area (Å²) in [6, 6.07) is 4.16. The van der Waals surface area contributed by atoms with E-state index in [0.717, 1.165) is 27.4 Å². The zero-order valence-corrected chi connectivity index (χ0v) is 14.5. The molecule has 3 aromatic rings. The first-order chi connectivity index (χ1) is 10.0. The van der Waals surface area contributed by atoms with Crippen LogP contribution in [-0.2, 0) is 11.2 Å². The van der Waals surface area contributed by atoms with Crippen molar-refractivity contribution < 1.29 is 0 Å². The summed E-state index contributed by atoms with van der Waals surface area (Å²) < 4.78 is 0. The summed E-state index contributed by atoms with van der Waals surface area (Å²) >= 11 is 5.03. The van der Waals surface area contributed by atoms with Crippen LogP contribution < -0.4 is 0 Å². The first-order valence-corrected chi connectivity index (χ1v) is 9.31. The van der Waals surface area contributed by atoms with Crippen LogP contribution in [0, 0.1) is 0 Å². The molecule has 0 fully saturated rings. The third-order valence-electron chi connectivity index (χ3n) is 2.81. The van der Waals surface area contributed by atoms with Gasteiger partial charge in [-0.25, -0.2) is 9.97 Å². The van der Waals surface area contributed by atoms with Crippen LogP contribution in [0.3, 0.4) is 0 Å². The van der Waals surface area contributed by atoms with E-state index < -0.39 is 0 Å². The molecule has 110 valence electrons. The predicted octanol–water partition coefficient (Wildman–Crippen LogP) is 4.58. The molecule has 7 heteroatoms. The topological polar surface area (TPSA) is 54.5 Å². The van der Waals surface area contributed by atoms with Gasteiger partial charge in [-0.2, -0.15) is 0 Å². The molecule has 0 radical (unpaired) electrons. The molecule has 0 atom stereocenters. The summed E-state index contributed by atoms with van der Waals surface area (Å²) in [7, 11) is 0. The van der Waals surface area contributed by atoms with Crippen molar-refractivity contribution in [3.8, 4) is 9.88 Å². The Labute approximate surface area is 136 Å². The fourth-order valence-corrected chi connectivity index (χ4v) is 4.10. The molecular weight excluding hydrogens is 320 g/mol. The maximum atomic E-state index is 4.67. The van der Waals surface area contributed by atoms with Crippen LogP contribution in [-0.4, -0.2) is 20.2 Å². The van der Waals surface area contributed by atoms with Gasteiger partial charge in [-0.3, -0.25) is 5.10 Å². The zero-order chi connectivity index (χ0) is 14.9. The lowest BCUT2D eigenvalue weighted by Gasteiger charge is -2.12. The SMILES string of the molecule is CC(C)(C)c1nc(SCc2csc(-c3cccs3)n2)n[nH]1. The second-order valence-corrected chi connectivity index (χ2v) is 8.37. The molecule has 0 aliphatic rings. The van der Waals surface area contributed by atoms with Crippen LogP contribution in [0.25, 0.3) is 9.88 Å². The van der Waals surface area contributed by atoms with Crippen molar-refractivity contribution in [1.82, 2.24) is 20.2 Å². The van der Waals surface area contributed by atoms with Crippen LogP contribution in [0.4, 0.5) is 0 Å². The summed E-state index contributed by atoms with van der Waals surface area (Å²) in [6.07, 6.45) is 0. The summed E-state index contributed by atoms with van der Waals surface area (Å²) in [5.41, 5.74) is 1.08.